The van der Waals surface area contributed by atoms with Crippen molar-refractivity contribution in [1.29, 1.82) is 0 Å². The van der Waals surface area contributed by atoms with E-state index in [1.807, 2.05) is 53.9 Å². The number of carbonyl (C=O) groups is 2. The fourth-order valence-corrected chi connectivity index (χ4v) is 5.30. The number of nitrogens with zero attached hydrogens (tertiary/aromatic N) is 2. The van der Waals surface area contributed by atoms with Crippen molar-refractivity contribution in [1.82, 2.24) is 9.88 Å². The Kier molecular flexibility index (Phi) is 7.36. The summed E-state index contributed by atoms with van der Waals surface area (Å²) in [5.74, 6) is -0.302. The number of thioether (sulfide) groups is 1. The summed E-state index contributed by atoms with van der Waals surface area (Å²) < 4.78 is 0.487. The van der Waals surface area contributed by atoms with Crippen LogP contribution < -0.4 is 5.32 Å². The van der Waals surface area contributed by atoms with Gasteiger partial charge in [-0.05, 0) is 24.1 Å². The number of thiocarbonyl (C=S) groups is 1. The molecule has 2 amide bonds. The maximum absolute atomic E-state index is 12.7. The molecule has 0 spiro atoms. The van der Waals surface area contributed by atoms with E-state index in [-0.39, 0.29) is 18.2 Å². The molecular weight excluding hydrogens is 482 g/mol. The van der Waals surface area contributed by atoms with Crippen molar-refractivity contribution in [2.75, 3.05) is 11.9 Å². The number of hydrogen-bond acceptors (Lipinski definition) is 6. The van der Waals surface area contributed by atoms with E-state index in [2.05, 4.69) is 10.3 Å². The minimum absolute atomic E-state index is 0.143. The lowest BCUT2D eigenvalue weighted by Crippen LogP contribution is -2.29. The lowest BCUT2D eigenvalue weighted by molar-refractivity contribution is -0.122. The average Bonchev–Trinajstić information content (AvgIpc) is 3.36. The van der Waals surface area contributed by atoms with Crippen LogP contribution in [0.5, 0.6) is 0 Å². The predicted molar refractivity (Wildman–Crippen MR) is 137 cm³/mol. The Bertz CT molecular complexity index is 1190. The molecule has 2 heterocycles. The number of amides is 2. The second-order valence-electron chi connectivity index (χ2n) is 6.91. The zero-order valence-corrected chi connectivity index (χ0v) is 20.0. The molecule has 1 fully saturated rings. The molecule has 0 aliphatic carbocycles. The van der Waals surface area contributed by atoms with E-state index >= 15 is 0 Å². The van der Waals surface area contributed by atoms with Gasteiger partial charge < -0.3 is 5.32 Å². The molecule has 5 nitrogen and oxygen atoms in total. The number of thiazole rings is 1. The lowest BCUT2D eigenvalue weighted by Gasteiger charge is -2.13. The van der Waals surface area contributed by atoms with Crippen LogP contribution in [-0.2, 0) is 9.59 Å². The van der Waals surface area contributed by atoms with Crippen LogP contribution in [0.3, 0.4) is 0 Å². The molecule has 1 aliphatic heterocycles. The van der Waals surface area contributed by atoms with Gasteiger partial charge in [-0.25, -0.2) is 4.98 Å². The van der Waals surface area contributed by atoms with Crippen LogP contribution >= 0.6 is 46.9 Å². The van der Waals surface area contributed by atoms with Crippen molar-refractivity contribution < 1.29 is 9.59 Å². The molecule has 1 aromatic heterocycles. The van der Waals surface area contributed by atoms with Crippen LogP contribution in [0.4, 0.5) is 5.13 Å². The van der Waals surface area contributed by atoms with Crippen molar-refractivity contribution in [3.05, 3.63) is 75.5 Å². The normalized spacial score (nSPS) is 14.9. The third kappa shape index (κ3) is 5.45. The first-order chi connectivity index (χ1) is 15.5. The maximum atomic E-state index is 12.7. The van der Waals surface area contributed by atoms with Crippen LogP contribution in [-0.4, -0.2) is 32.6 Å². The predicted octanol–water partition coefficient (Wildman–Crippen LogP) is 6.08. The topological polar surface area (TPSA) is 62.3 Å². The zero-order valence-electron chi connectivity index (χ0n) is 16.8. The smallest absolute Gasteiger partial charge is 0.266 e. The SMILES string of the molecule is O=C(CCCN1C(=O)/C(=C/c2ccccc2Cl)SC1=S)Nc1nc(-c2ccccc2)cs1. The third-order valence-corrected chi connectivity index (χ3v) is 7.15. The number of carbonyl (C=O) groups excluding carboxylic acids is 2. The number of anilines is 1. The average molecular weight is 500 g/mol. The number of aromatic nitrogens is 1. The molecule has 32 heavy (non-hydrogen) atoms. The molecule has 1 aliphatic rings. The Labute approximate surface area is 204 Å². The molecule has 0 radical (unpaired) electrons. The van der Waals surface area contributed by atoms with Crippen LogP contribution in [0.1, 0.15) is 18.4 Å². The van der Waals surface area contributed by atoms with Crippen LogP contribution in [0.15, 0.2) is 64.9 Å². The van der Waals surface area contributed by atoms with E-state index in [1.54, 1.807) is 12.1 Å². The van der Waals surface area contributed by atoms with Gasteiger partial charge in [-0.2, -0.15) is 0 Å². The molecule has 1 saturated heterocycles. The highest BCUT2D eigenvalue weighted by atomic mass is 35.5. The summed E-state index contributed by atoms with van der Waals surface area (Å²) in [4.78, 5) is 31.6. The second kappa shape index (κ2) is 10.4. The minimum atomic E-state index is -0.159. The molecule has 0 saturated carbocycles. The fraction of sp³-hybridized carbons (Fsp3) is 0.130. The monoisotopic (exact) mass is 499 g/mol. The first-order valence-corrected chi connectivity index (χ1v) is 12.3. The van der Waals surface area contributed by atoms with Crippen molar-refractivity contribution >= 4 is 74.3 Å². The van der Waals surface area contributed by atoms with E-state index in [0.717, 1.165) is 16.8 Å². The highest BCUT2D eigenvalue weighted by molar-refractivity contribution is 8.26. The molecule has 1 N–H and O–H groups in total. The Balaban J connectivity index is 1.29. The Morgan fingerprint density at radius 3 is 2.69 bits per heavy atom. The van der Waals surface area contributed by atoms with Gasteiger partial charge in [-0.3, -0.25) is 14.5 Å². The van der Waals surface area contributed by atoms with E-state index in [9.17, 15) is 9.59 Å². The van der Waals surface area contributed by atoms with Gasteiger partial charge >= 0.3 is 0 Å². The van der Waals surface area contributed by atoms with Crippen LogP contribution in [0.25, 0.3) is 17.3 Å². The fourth-order valence-electron chi connectivity index (χ4n) is 3.08. The summed E-state index contributed by atoms with van der Waals surface area (Å²) in [6.07, 6.45) is 2.51. The molecule has 162 valence electrons. The number of nitrogens with one attached hydrogen (secondary N) is 1. The van der Waals surface area contributed by atoms with Gasteiger partial charge in [0.05, 0.1) is 10.6 Å². The largest absolute Gasteiger partial charge is 0.302 e. The molecule has 2 aromatic carbocycles. The first-order valence-electron chi connectivity index (χ1n) is 9.82. The van der Waals surface area contributed by atoms with Gasteiger partial charge in [0.15, 0.2) is 5.13 Å². The Morgan fingerprint density at radius 2 is 1.91 bits per heavy atom. The highest BCUT2D eigenvalue weighted by Crippen LogP contribution is 2.34. The molecular formula is C23H18ClN3O2S3. The van der Waals surface area contributed by atoms with Crippen LogP contribution in [0.2, 0.25) is 5.02 Å². The summed E-state index contributed by atoms with van der Waals surface area (Å²) in [6, 6.07) is 17.1. The quantitative estimate of drug-likeness (QED) is 0.315. The van der Waals surface area contributed by atoms with Gasteiger partial charge in [0.2, 0.25) is 5.91 Å². The summed E-state index contributed by atoms with van der Waals surface area (Å²) >= 11 is 14.2. The summed E-state index contributed by atoms with van der Waals surface area (Å²) in [5, 5.41) is 5.88. The molecule has 4 rings (SSSR count). The summed E-state index contributed by atoms with van der Waals surface area (Å²) in [7, 11) is 0. The number of halogens is 1. The highest BCUT2D eigenvalue weighted by Gasteiger charge is 2.31. The molecule has 9 heteroatoms. The molecule has 0 unspecified atom stereocenters. The molecule has 0 atom stereocenters. The van der Waals surface area contributed by atoms with Gasteiger partial charge in [0.25, 0.3) is 5.91 Å². The Hall–Kier alpha value is -2.52. The minimum Gasteiger partial charge on any atom is -0.302 e. The van der Waals surface area contributed by atoms with E-state index < -0.39 is 0 Å². The van der Waals surface area contributed by atoms with E-state index in [1.165, 1.54) is 28.0 Å². The number of hydrogen-bond donors (Lipinski definition) is 1. The van der Waals surface area contributed by atoms with E-state index in [0.29, 0.717) is 32.3 Å². The zero-order chi connectivity index (χ0) is 22.5. The number of benzene rings is 2. The first kappa shape index (κ1) is 22.7. The van der Waals surface area contributed by atoms with Gasteiger partial charge in [0.1, 0.15) is 4.32 Å². The second-order valence-corrected chi connectivity index (χ2v) is 9.85. The summed E-state index contributed by atoms with van der Waals surface area (Å²) in [6.45, 7) is 0.380. The Morgan fingerprint density at radius 1 is 1.16 bits per heavy atom. The van der Waals surface area contributed by atoms with Crippen molar-refractivity contribution in [2.45, 2.75) is 12.8 Å². The molecule has 3 aromatic rings. The van der Waals surface area contributed by atoms with Crippen LogP contribution in [0, 0.1) is 0 Å². The van der Waals surface area contributed by atoms with Gasteiger partial charge in [-0.15, -0.1) is 11.3 Å². The summed E-state index contributed by atoms with van der Waals surface area (Å²) in [5.41, 5.74) is 2.60. The maximum Gasteiger partial charge on any atom is 0.266 e. The lowest BCUT2D eigenvalue weighted by atomic mass is 10.2. The third-order valence-electron chi connectivity index (χ3n) is 4.67. The van der Waals surface area contributed by atoms with Crippen molar-refractivity contribution in [3.8, 4) is 11.3 Å². The van der Waals surface area contributed by atoms with E-state index in [4.69, 9.17) is 23.8 Å². The van der Waals surface area contributed by atoms with Gasteiger partial charge in [-0.1, -0.05) is 84.1 Å². The number of rotatable bonds is 7. The molecule has 0 bridgehead atoms. The standard InChI is InChI=1S/C23H18ClN3O2S3/c24-17-10-5-4-9-16(17)13-19-21(29)27(23(30)32-19)12-6-11-20(28)26-22-25-18(14-31-22)15-7-2-1-3-8-15/h1-5,7-10,13-14H,6,11-12H2,(H,25,26,28)/b19-13-. The van der Waals surface area contributed by atoms with Crippen molar-refractivity contribution in [3.63, 3.8) is 0 Å². The van der Waals surface area contributed by atoms with Crippen molar-refractivity contribution in [2.24, 2.45) is 0 Å². The van der Waals surface area contributed by atoms with Gasteiger partial charge in [0, 0.05) is 28.9 Å².